The lowest BCUT2D eigenvalue weighted by atomic mass is 10.2. The second kappa shape index (κ2) is 8.75. The average molecular weight is 361 g/mol. The molecule has 0 aliphatic rings. The standard InChI is InChI=1S/C18H17ClN2O4/c1-24-16-10-13(11-21-18(20)23)5-7-15(16)25-17(22)8-6-12-3-2-4-14(19)9-12/h2-10H,11H2,1H3,(H3,20,21,23)/b8-6+. The molecule has 7 heteroatoms. The molecule has 0 saturated carbocycles. The molecule has 0 bridgehead atoms. The van der Waals surface area contributed by atoms with Crippen molar-refractivity contribution in [2.24, 2.45) is 5.73 Å². The number of carbonyl (C=O) groups excluding carboxylic acids is 2. The average Bonchev–Trinajstić information content (AvgIpc) is 2.59. The third-order valence-electron chi connectivity index (χ3n) is 3.17. The van der Waals surface area contributed by atoms with E-state index >= 15 is 0 Å². The minimum Gasteiger partial charge on any atom is -0.493 e. The van der Waals surface area contributed by atoms with E-state index in [9.17, 15) is 9.59 Å². The summed E-state index contributed by atoms with van der Waals surface area (Å²) in [5.74, 6) is 0.0839. The van der Waals surface area contributed by atoms with Crippen LogP contribution in [0.4, 0.5) is 4.79 Å². The van der Waals surface area contributed by atoms with Crippen molar-refractivity contribution in [2.45, 2.75) is 6.54 Å². The van der Waals surface area contributed by atoms with Crippen LogP contribution in [0.5, 0.6) is 11.5 Å². The minimum atomic E-state index is -0.624. The number of methoxy groups -OCH3 is 1. The number of amides is 2. The number of esters is 1. The van der Waals surface area contributed by atoms with E-state index in [1.807, 2.05) is 6.07 Å². The summed E-state index contributed by atoms with van der Waals surface area (Å²) in [6.07, 6.45) is 2.90. The zero-order chi connectivity index (χ0) is 18.2. The molecule has 6 nitrogen and oxygen atoms in total. The molecule has 0 saturated heterocycles. The third kappa shape index (κ3) is 5.86. The Balaban J connectivity index is 2.05. The van der Waals surface area contributed by atoms with Gasteiger partial charge >= 0.3 is 12.0 Å². The highest BCUT2D eigenvalue weighted by molar-refractivity contribution is 6.30. The molecular weight excluding hydrogens is 344 g/mol. The number of rotatable bonds is 6. The molecule has 3 N–H and O–H groups in total. The molecule has 0 atom stereocenters. The second-order valence-corrected chi connectivity index (χ2v) is 5.45. The third-order valence-corrected chi connectivity index (χ3v) is 3.40. The van der Waals surface area contributed by atoms with Crippen LogP contribution in [0.15, 0.2) is 48.5 Å². The molecule has 0 unspecified atom stereocenters. The number of hydrogen-bond donors (Lipinski definition) is 2. The summed E-state index contributed by atoms with van der Waals surface area (Å²) in [6.45, 7) is 0.245. The van der Waals surface area contributed by atoms with E-state index in [2.05, 4.69) is 5.32 Å². The fraction of sp³-hybridized carbons (Fsp3) is 0.111. The first-order valence-corrected chi connectivity index (χ1v) is 7.71. The number of nitrogens with two attached hydrogens (primary N) is 1. The van der Waals surface area contributed by atoms with E-state index < -0.39 is 12.0 Å². The van der Waals surface area contributed by atoms with E-state index in [-0.39, 0.29) is 12.3 Å². The Morgan fingerprint density at radius 2 is 2.00 bits per heavy atom. The fourth-order valence-corrected chi connectivity index (χ4v) is 2.21. The smallest absolute Gasteiger partial charge is 0.336 e. The molecule has 2 aromatic carbocycles. The van der Waals surface area contributed by atoms with Gasteiger partial charge < -0.3 is 20.5 Å². The molecule has 2 aromatic rings. The number of benzene rings is 2. The molecular formula is C18H17ClN2O4. The lowest BCUT2D eigenvalue weighted by Crippen LogP contribution is -2.28. The number of carbonyl (C=O) groups is 2. The molecule has 0 fully saturated rings. The van der Waals surface area contributed by atoms with Crippen LogP contribution in [0.3, 0.4) is 0 Å². The fourth-order valence-electron chi connectivity index (χ4n) is 2.01. The zero-order valence-corrected chi connectivity index (χ0v) is 14.2. The minimum absolute atomic E-state index is 0.245. The molecule has 0 radical (unpaired) electrons. The van der Waals surface area contributed by atoms with E-state index in [0.717, 1.165) is 11.1 Å². The first-order chi connectivity index (χ1) is 12.0. The van der Waals surface area contributed by atoms with Crippen molar-refractivity contribution in [2.75, 3.05) is 7.11 Å². The lowest BCUT2D eigenvalue weighted by Gasteiger charge is -2.10. The zero-order valence-electron chi connectivity index (χ0n) is 13.5. The first kappa shape index (κ1) is 18.4. The second-order valence-electron chi connectivity index (χ2n) is 5.01. The van der Waals surface area contributed by atoms with Gasteiger partial charge in [0.05, 0.1) is 7.11 Å². The molecule has 0 aromatic heterocycles. The van der Waals surface area contributed by atoms with Gasteiger partial charge in [-0.2, -0.15) is 0 Å². The Morgan fingerprint density at radius 1 is 1.20 bits per heavy atom. The van der Waals surface area contributed by atoms with Crippen LogP contribution in [0.25, 0.3) is 6.08 Å². The molecule has 25 heavy (non-hydrogen) atoms. The summed E-state index contributed by atoms with van der Waals surface area (Å²) in [7, 11) is 1.46. The van der Waals surface area contributed by atoms with E-state index in [1.54, 1.807) is 42.5 Å². The highest BCUT2D eigenvalue weighted by Crippen LogP contribution is 2.28. The topological polar surface area (TPSA) is 90.7 Å². The number of urea groups is 1. The van der Waals surface area contributed by atoms with Crippen LogP contribution >= 0.6 is 11.6 Å². The van der Waals surface area contributed by atoms with Crippen molar-refractivity contribution in [1.29, 1.82) is 0 Å². The van der Waals surface area contributed by atoms with Gasteiger partial charge in [-0.25, -0.2) is 9.59 Å². The highest BCUT2D eigenvalue weighted by Gasteiger charge is 2.09. The Hall–Kier alpha value is -2.99. The summed E-state index contributed by atoms with van der Waals surface area (Å²) in [5.41, 5.74) is 6.57. The maximum Gasteiger partial charge on any atom is 0.336 e. The SMILES string of the molecule is COc1cc(CNC(N)=O)ccc1OC(=O)/C=C/c1cccc(Cl)c1. The number of ether oxygens (including phenoxy) is 2. The van der Waals surface area contributed by atoms with Crippen LogP contribution < -0.4 is 20.5 Å². The van der Waals surface area contributed by atoms with Crippen molar-refractivity contribution in [3.05, 3.63) is 64.7 Å². The lowest BCUT2D eigenvalue weighted by molar-refractivity contribution is -0.129. The van der Waals surface area contributed by atoms with E-state index in [1.165, 1.54) is 13.2 Å². The van der Waals surface area contributed by atoms with E-state index in [0.29, 0.717) is 10.8 Å². The molecule has 0 heterocycles. The van der Waals surface area contributed by atoms with Crippen LogP contribution in [-0.4, -0.2) is 19.1 Å². The molecule has 0 aliphatic carbocycles. The number of primary amides is 1. The van der Waals surface area contributed by atoms with Gasteiger partial charge in [-0.3, -0.25) is 0 Å². The first-order valence-electron chi connectivity index (χ1n) is 7.33. The van der Waals surface area contributed by atoms with Gasteiger partial charge in [0.25, 0.3) is 0 Å². The Bertz CT molecular complexity index is 805. The van der Waals surface area contributed by atoms with Crippen molar-refractivity contribution >= 4 is 29.7 Å². The van der Waals surface area contributed by atoms with Gasteiger partial charge in [-0.05, 0) is 41.5 Å². The number of nitrogens with one attached hydrogen (secondary N) is 1. The van der Waals surface area contributed by atoms with Gasteiger partial charge in [0, 0.05) is 17.6 Å². The predicted molar refractivity (Wildman–Crippen MR) is 95.5 cm³/mol. The monoisotopic (exact) mass is 360 g/mol. The Labute approximate surface area is 150 Å². The largest absolute Gasteiger partial charge is 0.493 e. The van der Waals surface area contributed by atoms with Gasteiger partial charge in [-0.15, -0.1) is 0 Å². The summed E-state index contributed by atoms with van der Waals surface area (Å²) in [5, 5.41) is 3.05. The van der Waals surface area contributed by atoms with Crippen LogP contribution in [0.2, 0.25) is 5.02 Å². The maximum atomic E-state index is 12.0. The normalized spacial score (nSPS) is 10.5. The quantitative estimate of drug-likeness (QED) is 0.470. The number of halogens is 1. The predicted octanol–water partition coefficient (Wildman–Crippen LogP) is 3.14. The molecule has 0 spiro atoms. The maximum absolute atomic E-state index is 12.0. The van der Waals surface area contributed by atoms with Crippen molar-refractivity contribution in [3.8, 4) is 11.5 Å². The summed E-state index contributed by atoms with van der Waals surface area (Å²) in [6, 6.07) is 11.4. The van der Waals surface area contributed by atoms with Crippen molar-refractivity contribution in [1.82, 2.24) is 5.32 Å². The van der Waals surface area contributed by atoms with Crippen LogP contribution in [0, 0.1) is 0 Å². The van der Waals surface area contributed by atoms with Crippen molar-refractivity contribution < 1.29 is 19.1 Å². The Kier molecular flexibility index (Phi) is 6.42. The summed E-state index contributed by atoms with van der Waals surface area (Å²) in [4.78, 5) is 22.7. The van der Waals surface area contributed by atoms with Crippen molar-refractivity contribution in [3.63, 3.8) is 0 Å². The highest BCUT2D eigenvalue weighted by atomic mass is 35.5. The van der Waals surface area contributed by atoms with Gasteiger partial charge in [-0.1, -0.05) is 29.8 Å². The van der Waals surface area contributed by atoms with Gasteiger partial charge in [0.15, 0.2) is 11.5 Å². The number of hydrogen-bond acceptors (Lipinski definition) is 4. The Morgan fingerprint density at radius 3 is 2.68 bits per heavy atom. The summed E-state index contributed by atoms with van der Waals surface area (Å²) < 4.78 is 10.5. The molecule has 2 amide bonds. The molecule has 2 rings (SSSR count). The van der Waals surface area contributed by atoms with E-state index in [4.69, 9.17) is 26.8 Å². The van der Waals surface area contributed by atoms with Crippen LogP contribution in [-0.2, 0) is 11.3 Å². The van der Waals surface area contributed by atoms with Crippen LogP contribution in [0.1, 0.15) is 11.1 Å². The van der Waals surface area contributed by atoms with Gasteiger partial charge in [0.1, 0.15) is 0 Å². The molecule has 0 aliphatic heterocycles. The molecule has 130 valence electrons. The van der Waals surface area contributed by atoms with Gasteiger partial charge in [0.2, 0.25) is 0 Å². The summed E-state index contributed by atoms with van der Waals surface area (Å²) >= 11 is 5.89.